The normalized spacial score (nSPS) is 10.3. The standard InChI is InChI=1S/C17H15N5O3/c1-10(23)19-12-3-2-4-13(7-12)20-16(24)17(25)21-14-6-5-11-9-18-22-15(11)8-14/h2-9H,1H3,(H,18,22)(H,19,23)(H,20,24)(H,21,25). The van der Waals surface area contributed by atoms with Crippen LogP contribution in [-0.2, 0) is 14.4 Å². The summed E-state index contributed by atoms with van der Waals surface area (Å²) >= 11 is 0. The second kappa shape index (κ2) is 6.83. The quantitative estimate of drug-likeness (QED) is 0.548. The molecule has 3 rings (SSSR count). The molecule has 0 bridgehead atoms. The van der Waals surface area contributed by atoms with E-state index in [9.17, 15) is 14.4 Å². The Balaban J connectivity index is 1.66. The zero-order valence-corrected chi connectivity index (χ0v) is 13.3. The van der Waals surface area contributed by atoms with Crippen molar-refractivity contribution in [3.05, 3.63) is 48.7 Å². The molecule has 0 fully saturated rings. The molecular weight excluding hydrogens is 322 g/mol. The average molecular weight is 337 g/mol. The fourth-order valence-corrected chi connectivity index (χ4v) is 2.27. The van der Waals surface area contributed by atoms with E-state index in [0.717, 1.165) is 10.9 Å². The molecule has 126 valence electrons. The Morgan fingerprint density at radius 2 is 1.52 bits per heavy atom. The predicted octanol–water partition coefficient (Wildman–Crippen LogP) is 2.10. The third kappa shape index (κ3) is 3.99. The molecule has 0 atom stereocenters. The maximum atomic E-state index is 12.0. The van der Waals surface area contributed by atoms with E-state index in [4.69, 9.17) is 0 Å². The lowest BCUT2D eigenvalue weighted by molar-refractivity contribution is -0.132. The van der Waals surface area contributed by atoms with E-state index in [2.05, 4.69) is 26.1 Å². The number of hydrogen-bond donors (Lipinski definition) is 4. The molecule has 4 N–H and O–H groups in total. The Bertz CT molecular complexity index is 964. The van der Waals surface area contributed by atoms with Crippen molar-refractivity contribution in [2.24, 2.45) is 0 Å². The van der Waals surface area contributed by atoms with Crippen LogP contribution < -0.4 is 16.0 Å². The Morgan fingerprint density at radius 3 is 2.20 bits per heavy atom. The lowest BCUT2D eigenvalue weighted by atomic mass is 10.2. The maximum Gasteiger partial charge on any atom is 0.314 e. The van der Waals surface area contributed by atoms with Gasteiger partial charge in [-0.3, -0.25) is 19.5 Å². The molecule has 0 radical (unpaired) electrons. The summed E-state index contributed by atoms with van der Waals surface area (Å²) in [6.07, 6.45) is 1.66. The van der Waals surface area contributed by atoms with Crippen molar-refractivity contribution in [3.8, 4) is 0 Å². The van der Waals surface area contributed by atoms with Crippen molar-refractivity contribution in [1.29, 1.82) is 0 Å². The van der Waals surface area contributed by atoms with Gasteiger partial charge in [-0.2, -0.15) is 5.10 Å². The first kappa shape index (κ1) is 16.2. The van der Waals surface area contributed by atoms with Crippen LogP contribution in [0.1, 0.15) is 6.92 Å². The topological polar surface area (TPSA) is 116 Å². The molecule has 0 spiro atoms. The largest absolute Gasteiger partial charge is 0.326 e. The van der Waals surface area contributed by atoms with E-state index in [0.29, 0.717) is 17.1 Å². The second-order valence-corrected chi connectivity index (χ2v) is 5.34. The number of aromatic amines is 1. The molecule has 25 heavy (non-hydrogen) atoms. The van der Waals surface area contributed by atoms with Gasteiger partial charge in [-0.15, -0.1) is 0 Å². The van der Waals surface area contributed by atoms with Gasteiger partial charge < -0.3 is 16.0 Å². The van der Waals surface area contributed by atoms with Crippen LogP contribution in [0.15, 0.2) is 48.7 Å². The lowest BCUT2D eigenvalue weighted by Crippen LogP contribution is -2.29. The molecule has 0 aliphatic rings. The summed E-state index contributed by atoms with van der Waals surface area (Å²) in [4.78, 5) is 35.1. The number of nitrogens with one attached hydrogen (secondary N) is 4. The third-order valence-electron chi connectivity index (χ3n) is 3.35. The summed E-state index contributed by atoms with van der Waals surface area (Å²) in [7, 11) is 0. The van der Waals surface area contributed by atoms with Crippen molar-refractivity contribution in [2.45, 2.75) is 6.92 Å². The molecule has 8 nitrogen and oxygen atoms in total. The van der Waals surface area contributed by atoms with Crippen LogP contribution >= 0.6 is 0 Å². The van der Waals surface area contributed by atoms with E-state index in [1.165, 1.54) is 6.92 Å². The molecule has 1 heterocycles. The van der Waals surface area contributed by atoms with E-state index in [1.807, 2.05) is 0 Å². The number of H-pyrrole nitrogens is 1. The Kier molecular flexibility index (Phi) is 4.42. The van der Waals surface area contributed by atoms with Gasteiger partial charge in [0.2, 0.25) is 5.91 Å². The molecule has 2 aromatic carbocycles. The summed E-state index contributed by atoms with van der Waals surface area (Å²) < 4.78 is 0. The van der Waals surface area contributed by atoms with Crippen LogP contribution in [0.5, 0.6) is 0 Å². The molecule has 0 unspecified atom stereocenters. The van der Waals surface area contributed by atoms with Crippen LogP contribution in [0, 0.1) is 0 Å². The molecule has 8 heteroatoms. The third-order valence-corrected chi connectivity index (χ3v) is 3.35. The van der Waals surface area contributed by atoms with Crippen molar-refractivity contribution >= 4 is 45.7 Å². The van der Waals surface area contributed by atoms with Crippen LogP contribution in [0.2, 0.25) is 0 Å². The van der Waals surface area contributed by atoms with Crippen LogP contribution in [0.4, 0.5) is 17.1 Å². The van der Waals surface area contributed by atoms with Crippen molar-refractivity contribution < 1.29 is 14.4 Å². The van der Waals surface area contributed by atoms with Gasteiger partial charge in [-0.05, 0) is 36.4 Å². The SMILES string of the molecule is CC(=O)Nc1cccc(NC(=O)C(=O)Nc2ccc3cn[nH]c3c2)c1. The number of nitrogens with zero attached hydrogens (tertiary/aromatic N) is 1. The zero-order valence-electron chi connectivity index (χ0n) is 13.3. The molecular formula is C17H15N5O3. The number of rotatable bonds is 3. The summed E-state index contributed by atoms with van der Waals surface area (Å²) in [6, 6.07) is 11.7. The summed E-state index contributed by atoms with van der Waals surface area (Å²) in [5, 5.41) is 15.2. The molecule has 0 saturated heterocycles. The Labute approximate surface area is 142 Å². The van der Waals surface area contributed by atoms with Crippen molar-refractivity contribution in [2.75, 3.05) is 16.0 Å². The maximum absolute atomic E-state index is 12.0. The molecule has 0 aliphatic heterocycles. The first-order valence-corrected chi connectivity index (χ1v) is 7.44. The average Bonchev–Trinajstić information content (AvgIpc) is 3.02. The number of benzene rings is 2. The fourth-order valence-electron chi connectivity index (χ4n) is 2.27. The van der Waals surface area contributed by atoms with Gasteiger partial charge in [0.15, 0.2) is 0 Å². The highest BCUT2D eigenvalue weighted by molar-refractivity contribution is 6.43. The van der Waals surface area contributed by atoms with Gasteiger partial charge in [0.25, 0.3) is 0 Å². The van der Waals surface area contributed by atoms with Gasteiger partial charge in [-0.1, -0.05) is 6.07 Å². The van der Waals surface area contributed by atoms with Crippen LogP contribution in [0.3, 0.4) is 0 Å². The van der Waals surface area contributed by atoms with E-state index < -0.39 is 11.8 Å². The summed E-state index contributed by atoms with van der Waals surface area (Å²) in [5.41, 5.74) is 2.15. The van der Waals surface area contributed by atoms with Gasteiger partial charge in [-0.25, -0.2) is 0 Å². The van der Waals surface area contributed by atoms with Gasteiger partial charge in [0, 0.05) is 29.4 Å². The highest BCUT2D eigenvalue weighted by Crippen LogP contribution is 2.17. The number of hydrogen-bond acceptors (Lipinski definition) is 4. The minimum Gasteiger partial charge on any atom is -0.326 e. The van der Waals surface area contributed by atoms with E-state index >= 15 is 0 Å². The zero-order chi connectivity index (χ0) is 17.8. The number of anilines is 3. The second-order valence-electron chi connectivity index (χ2n) is 5.34. The lowest BCUT2D eigenvalue weighted by Gasteiger charge is -2.08. The number of aromatic nitrogens is 2. The first-order valence-electron chi connectivity index (χ1n) is 7.44. The molecule has 3 aromatic rings. The summed E-state index contributed by atoms with van der Waals surface area (Å²) in [6.45, 7) is 1.38. The smallest absolute Gasteiger partial charge is 0.314 e. The van der Waals surface area contributed by atoms with Gasteiger partial charge in [0.1, 0.15) is 0 Å². The van der Waals surface area contributed by atoms with Gasteiger partial charge >= 0.3 is 11.8 Å². The highest BCUT2D eigenvalue weighted by Gasteiger charge is 2.14. The van der Waals surface area contributed by atoms with Crippen LogP contribution in [0.25, 0.3) is 10.9 Å². The van der Waals surface area contributed by atoms with Crippen molar-refractivity contribution in [1.82, 2.24) is 10.2 Å². The minimum absolute atomic E-state index is 0.226. The molecule has 1 aromatic heterocycles. The number of carbonyl (C=O) groups is 3. The number of carbonyl (C=O) groups excluding carboxylic acids is 3. The van der Waals surface area contributed by atoms with Gasteiger partial charge in [0.05, 0.1) is 11.7 Å². The monoisotopic (exact) mass is 337 g/mol. The predicted molar refractivity (Wildman–Crippen MR) is 94.1 cm³/mol. The molecule has 0 saturated carbocycles. The Hall–Kier alpha value is -3.68. The minimum atomic E-state index is -0.815. The van der Waals surface area contributed by atoms with Crippen LogP contribution in [-0.4, -0.2) is 27.9 Å². The molecule has 0 aliphatic carbocycles. The molecule has 3 amide bonds. The highest BCUT2D eigenvalue weighted by atomic mass is 16.2. The Morgan fingerprint density at radius 1 is 0.880 bits per heavy atom. The summed E-state index contributed by atoms with van der Waals surface area (Å²) in [5.74, 6) is -1.84. The van der Waals surface area contributed by atoms with E-state index in [1.54, 1.807) is 48.7 Å². The van der Waals surface area contributed by atoms with E-state index in [-0.39, 0.29) is 5.91 Å². The fraction of sp³-hybridized carbons (Fsp3) is 0.0588. The number of amides is 3. The van der Waals surface area contributed by atoms with Crippen molar-refractivity contribution in [3.63, 3.8) is 0 Å². The number of fused-ring (bicyclic) bond motifs is 1. The first-order chi connectivity index (χ1) is 12.0.